The molecule has 0 spiro atoms. The van der Waals surface area contributed by atoms with Crippen molar-refractivity contribution in [3.05, 3.63) is 0 Å². The Balaban J connectivity index is 2.61. The molecule has 1 fully saturated rings. The molecule has 0 bridgehead atoms. The van der Waals surface area contributed by atoms with Crippen molar-refractivity contribution in [2.45, 2.75) is 59.4 Å². The highest BCUT2D eigenvalue weighted by molar-refractivity contribution is 4.90. The van der Waals surface area contributed by atoms with Crippen molar-refractivity contribution < 1.29 is 0 Å². The molecule has 1 aliphatic rings. The lowest BCUT2D eigenvalue weighted by Gasteiger charge is -2.37. The first-order chi connectivity index (χ1) is 9.83. The zero-order valence-corrected chi connectivity index (χ0v) is 15.4. The van der Waals surface area contributed by atoms with E-state index in [1.807, 2.05) is 0 Å². The summed E-state index contributed by atoms with van der Waals surface area (Å²) < 4.78 is 0. The molecule has 1 aliphatic carbocycles. The highest BCUT2D eigenvalue weighted by atomic mass is 15.2. The van der Waals surface area contributed by atoms with E-state index >= 15 is 0 Å². The Morgan fingerprint density at radius 2 is 1.62 bits per heavy atom. The maximum atomic E-state index is 3.71. The van der Waals surface area contributed by atoms with E-state index in [0.29, 0.717) is 11.5 Å². The van der Waals surface area contributed by atoms with Crippen molar-refractivity contribution in [3.63, 3.8) is 0 Å². The standard InChI is InChI=1S/C18H39N3/c1-16(2)13-21(12-11-20(5)6)15-18(9-7-8-10-18)14-19-17(3)4/h16-17,19H,7-15H2,1-6H3. The minimum Gasteiger partial charge on any atom is -0.314 e. The first-order valence-electron chi connectivity index (χ1n) is 8.93. The summed E-state index contributed by atoms with van der Waals surface area (Å²) in [6.45, 7) is 15.3. The SMILES string of the molecule is CC(C)CN(CCN(C)C)CC1(CNC(C)C)CCCC1. The fourth-order valence-electron chi connectivity index (χ4n) is 3.50. The van der Waals surface area contributed by atoms with Gasteiger partial charge < -0.3 is 15.1 Å². The summed E-state index contributed by atoms with van der Waals surface area (Å²) in [5.41, 5.74) is 0.519. The van der Waals surface area contributed by atoms with Crippen LogP contribution in [0.25, 0.3) is 0 Å². The topological polar surface area (TPSA) is 18.5 Å². The Kier molecular flexibility index (Phi) is 8.22. The normalized spacial score (nSPS) is 18.6. The predicted molar refractivity (Wildman–Crippen MR) is 93.9 cm³/mol. The summed E-state index contributed by atoms with van der Waals surface area (Å²) >= 11 is 0. The molecule has 0 saturated heterocycles. The van der Waals surface area contributed by atoms with Crippen LogP contribution >= 0.6 is 0 Å². The van der Waals surface area contributed by atoms with Gasteiger partial charge in [0.15, 0.2) is 0 Å². The first-order valence-corrected chi connectivity index (χ1v) is 8.93. The maximum Gasteiger partial charge on any atom is 0.0109 e. The van der Waals surface area contributed by atoms with E-state index < -0.39 is 0 Å². The molecular formula is C18H39N3. The average molecular weight is 298 g/mol. The van der Waals surface area contributed by atoms with Gasteiger partial charge in [-0.2, -0.15) is 0 Å². The molecule has 0 aliphatic heterocycles. The van der Waals surface area contributed by atoms with Crippen LogP contribution < -0.4 is 5.32 Å². The molecule has 0 heterocycles. The van der Waals surface area contributed by atoms with E-state index in [1.165, 1.54) is 58.4 Å². The molecule has 1 N–H and O–H groups in total. The summed E-state index contributed by atoms with van der Waals surface area (Å²) in [4.78, 5) is 5.03. The third kappa shape index (κ3) is 7.62. The highest BCUT2D eigenvalue weighted by Crippen LogP contribution is 2.38. The van der Waals surface area contributed by atoms with Gasteiger partial charge in [0, 0.05) is 38.8 Å². The quantitative estimate of drug-likeness (QED) is 0.668. The second-order valence-electron chi connectivity index (χ2n) is 8.17. The molecule has 0 aromatic rings. The van der Waals surface area contributed by atoms with E-state index in [2.05, 4.69) is 56.9 Å². The highest BCUT2D eigenvalue weighted by Gasteiger charge is 2.35. The van der Waals surface area contributed by atoms with Crippen LogP contribution in [0.4, 0.5) is 0 Å². The lowest BCUT2D eigenvalue weighted by atomic mass is 9.85. The fraction of sp³-hybridized carbons (Fsp3) is 1.00. The summed E-state index contributed by atoms with van der Waals surface area (Å²) in [6.07, 6.45) is 5.65. The Bertz CT molecular complexity index is 268. The number of nitrogens with zero attached hydrogens (tertiary/aromatic N) is 2. The van der Waals surface area contributed by atoms with Crippen LogP contribution in [0.15, 0.2) is 0 Å². The lowest BCUT2D eigenvalue weighted by Crippen LogP contribution is -2.46. The monoisotopic (exact) mass is 297 g/mol. The van der Waals surface area contributed by atoms with E-state index in [9.17, 15) is 0 Å². The van der Waals surface area contributed by atoms with E-state index in [-0.39, 0.29) is 0 Å². The van der Waals surface area contributed by atoms with E-state index in [4.69, 9.17) is 0 Å². The molecule has 3 nitrogen and oxygen atoms in total. The number of hydrogen-bond donors (Lipinski definition) is 1. The number of rotatable bonds is 10. The van der Waals surface area contributed by atoms with Crippen LogP contribution in [0.3, 0.4) is 0 Å². The molecule has 0 aromatic heterocycles. The van der Waals surface area contributed by atoms with E-state index in [0.717, 1.165) is 5.92 Å². The minimum atomic E-state index is 0.519. The molecule has 1 rings (SSSR count). The number of likely N-dealkylation sites (N-methyl/N-ethyl adjacent to an activating group) is 1. The van der Waals surface area contributed by atoms with Crippen molar-refractivity contribution in [1.29, 1.82) is 0 Å². The minimum absolute atomic E-state index is 0.519. The molecule has 0 atom stereocenters. The van der Waals surface area contributed by atoms with Gasteiger partial charge in [-0.1, -0.05) is 40.5 Å². The molecule has 0 radical (unpaired) electrons. The van der Waals surface area contributed by atoms with Crippen LogP contribution in [-0.4, -0.2) is 62.7 Å². The van der Waals surface area contributed by atoms with Crippen molar-refractivity contribution in [3.8, 4) is 0 Å². The maximum absolute atomic E-state index is 3.71. The largest absolute Gasteiger partial charge is 0.314 e. The average Bonchev–Trinajstić information content (AvgIpc) is 2.82. The van der Waals surface area contributed by atoms with Gasteiger partial charge in [-0.3, -0.25) is 0 Å². The van der Waals surface area contributed by atoms with Crippen molar-refractivity contribution in [2.24, 2.45) is 11.3 Å². The van der Waals surface area contributed by atoms with Crippen molar-refractivity contribution in [1.82, 2.24) is 15.1 Å². The smallest absolute Gasteiger partial charge is 0.0109 e. The molecule has 0 amide bonds. The van der Waals surface area contributed by atoms with Gasteiger partial charge in [0.2, 0.25) is 0 Å². The van der Waals surface area contributed by atoms with Gasteiger partial charge in [-0.15, -0.1) is 0 Å². The number of hydrogen-bond acceptors (Lipinski definition) is 3. The molecule has 0 aromatic carbocycles. The van der Waals surface area contributed by atoms with Gasteiger partial charge in [0.05, 0.1) is 0 Å². The molecule has 3 heteroatoms. The van der Waals surface area contributed by atoms with Gasteiger partial charge >= 0.3 is 0 Å². The second-order valence-corrected chi connectivity index (χ2v) is 8.17. The Labute approximate surface area is 133 Å². The Morgan fingerprint density at radius 3 is 2.10 bits per heavy atom. The summed E-state index contributed by atoms with van der Waals surface area (Å²) in [5, 5.41) is 3.71. The zero-order valence-electron chi connectivity index (χ0n) is 15.4. The summed E-state index contributed by atoms with van der Waals surface area (Å²) in [7, 11) is 4.36. The Hall–Kier alpha value is -0.120. The van der Waals surface area contributed by atoms with Crippen molar-refractivity contribution in [2.75, 3.05) is 46.8 Å². The van der Waals surface area contributed by atoms with Gasteiger partial charge in [-0.05, 0) is 38.3 Å². The van der Waals surface area contributed by atoms with Crippen molar-refractivity contribution >= 4 is 0 Å². The molecular weight excluding hydrogens is 258 g/mol. The second kappa shape index (κ2) is 9.12. The van der Waals surface area contributed by atoms with Crippen LogP contribution in [0.1, 0.15) is 53.4 Å². The van der Waals surface area contributed by atoms with Crippen LogP contribution in [0.2, 0.25) is 0 Å². The summed E-state index contributed by atoms with van der Waals surface area (Å²) in [5.74, 6) is 0.753. The molecule has 0 unspecified atom stereocenters. The zero-order chi connectivity index (χ0) is 15.9. The fourth-order valence-corrected chi connectivity index (χ4v) is 3.50. The molecule has 1 saturated carbocycles. The number of nitrogens with one attached hydrogen (secondary N) is 1. The van der Waals surface area contributed by atoms with Gasteiger partial charge in [0.25, 0.3) is 0 Å². The lowest BCUT2D eigenvalue weighted by molar-refractivity contribution is 0.126. The van der Waals surface area contributed by atoms with Crippen LogP contribution in [-0.2, 0) is 0 Å². The van der Waals surface area contributed by atoms with Gasteiger partial charge in [-0.25, -0.2) is 0 Å². The Morgan fingerprint density at radius 1 is 1.00 bits per heavy atom. The van der Waals surface area contributed by atoms with Crippen LogP contribution in [0.5, 0.6) is 0 Å². The van der Waals surface area contributed by atoms with Gasteiger partial charge in [0.1, 0.15) is 0 Å². The third-order valence-corrected chi connectivity index (χ3v) is 4.60. The third-order valence-electron chi connectivity index (χ3n) is 4.60. The molecule has 21 heavy (non-hydrogen) atoms. The van der Waals surface area contributed by atoms with E-state index in [1.54, 1.807) is 0 Å². The van der Waals surface area contributed by atoms with Crippen LogP contribution in [0, 0.1) is 11.3 Å². The molecule has 126 valence electrons. The predicted octanol–water partition coefficient (Wildman–Crippen LogP) is 3.06. The summed E-state index contributed by atoms with van der Waals surface area (Å²) in [6, 6.07) is 0.600. The first kappa shape index (κ1) is 18.9.